The van der Waals surface area contributed by atoms with E-state index in [1.165, 1.54) is 0 Å². The molecule has 0 spiro atoms. The molecule has 1 aliphatic heterocycles. The Hall–Kier alpha value is -1.76. The minimum absolute atomic E-state index is 0.0255. The predicted octanol–water partition coefficient (Wildman–Crippen LogP) is 3.72. The van der Waals surface area contributed by atoms with Crippen LogP contribution in [0.3, 0.4) is 0 Å². The van der Waals surface area contributed by atoms with Crippen LogP contribution in [-0.2, 0) is 0 Å². The molecule has 0 aromatic carbocycles. The van der Waals surface area contributed by atoms with E-state index in [2.05, 4.69) is 29.0 Å². The van der Waals surface area contributed by atoms with Crippen LogP contribution in [0, 0.1) is 6.92 Å². The highest BCUT2D eigenvalue weighted by Gasteiger charge is 2.31. The number of aryl methyl sites for hydroxylation is 1. The van der Waals surface area contributed by atoms with Gasteiger partial charge in [0.1, 0.15) is 5.69 Å². The number of rotatable bonds is 3. The van der Waals surface area contributed by atoms with Crippen LogP contribution in [0.15, 0.2) is 9.90 Å². The standard InChI is InChI=1S/C16H22N4O2S/c1-10(2)15-18-12(9-23-15)16(21)20-8-6-4-5-7-13(20)14-17-11(3)22-19-14/h9-10,13H,4-8H2,1-3H3/t13-/m1/s1. The molecule has 3 heterocycles. The van der Waals surface area contributed by atoms with Crippen molar-refractivity contribution in [3.63, 3.8) is 0 Å². The quantitative estimate of drug-likeness (QED) is 0.855. The van der Waals surface area contributed by atoms with Crippen LogP contribution in [0.4, 0.5) is 0 Å². The van der Waals surface area contributed by atoms with Gasteiger partial charge in [0, 0.05) is 24.8 Å². The molecule has 3 rings (SSSR count). The zero-order valence-corrected chi connectivity index (χ0v) is 14.6. The topological polar surface area (TPSA) is 72.1 Å². The smallest absolute Gasteiger partial charge is 0.273 e. The number of carbonyl (C=O) groups excluding carboxylic acids is 1. The maximum atomic E-state index is 13.0. The van der Waals surface area contributed by atoms with Gasteiger partial charge in [0.25, 0.3) is 5.91 Å². The number of likely N-dealkylation sites (tertiary alicyclic amines) is 1. The van der Waals surface area contributed by atoms with Gasteiger partial charge >= 0.3 is 0 Å². The molecule has 0 aliphatic carbocycles. The van der Waals surface area contributed by atoms with Gasteiger partial charge in [0.2, 0.25) is 5.89 Å². The number of hydrogen-bond acceptors (Lipinski definition) is 6. The Morgan fingerprint density at radius 3 is 2.83 bits per heavy atom. The average Bonchev–Trinajstić information content (AvgIpc) is 3.10. The summed E-state index contributed by atoms with van der Waals surface area (Å²) in [7, 11) is 0. The van der Waals surface area contributed by atoms with Crippen molar-refractivity contribution in [3.8, 4) is 0 Å². The molecule has 0 bridgehead atoms. The molecule has 1 saturated heterocycles. The minimum atomic E-state index is -0.119. The van der Waals surface area contributed by atoms with E-state index in [0.717, 1.165) is 30.7 Å². The summed E-state index contributed by atoms with van der Waals surface area (Å²) in [5.74, 6) is 1.45. The van der Waals surface area contributed by atoms with Crippen LogP contribution in [0.25, 0.3) is 0 Å². The minimum Gasteiger partial charge on any atom is -0.340 e. The molecule has 2 aromatic rings. The molecule has 0 unspecified atom stereocenters. The van der Waals surface area contributed by atoms with Gasteiger partial charge in [-0.05, 0) is 12.8 Å². The number of amides is 1. The largest absolute Gasteiger partial charge is 0.340 e. The Balaban J connectivity index is 1.87. The van der Waals surface area contributed by atoms with E-state index in [4.69, 9.17) is 4.52 Å². The number of nitrogens with zero attached hydrogens (tertiary/aromatic N) is 4. The molecule has 7 heteroatoms. The highest BCUT2D eigenvalue weighted by molar-refractivity contribution is 7.09. The van der Waals surface area contributed by atoms with Crippen molar-refractivity contribution >= 4 is 17.2 Å². The number of aromatic nitrogens is 3. The van der Waals surface area contributed by atoms with E-state index in [-0.39, 0.29) is 11.9 Å². The van der Waals surface area contributed by atoms with Crippen molar-refractivity contribution in [3.05, 3.63) is 27.8 Å². The van der Waals surface area contributed by atoms with Gasteiger partial charge < -0.3 is 9.42 Å². The summed E-state index contributed by atoms with van der Waals surface area (Å²) in [6.45, 7) is 6.66. The van der Waals surface area contributed by atoms with Crippen LogP contribution < -0.4 is 0 Å². The fourth-order valence-corrected chi connectivity index (χ4v) is 3.68. The molecule has 1 fully saturated rings. The van der Waals surface area contributed by atoms with Gasteiger partial charge in [-0.1, -0.05) is 31.8 Å². The second-order valence-electron chi connectivity index (χ2n) is 6.26. The van der Waals surface area contributed by atoms with Crippen molar-refractivity contribution in [2.45, 2.75) is 58.4 Å². The fourth-order valence-electron chi connectivity index (χ4n) is 2.87. The van der Waals surface area contributed by atoms with E-state index >= 15 is 0 Å². The van der Waals surface area contributed by atoms with E-state index in [0.29, 0.717) is 29.9 Å². The Morgan fingerprint density at radius 1 is 1.35 bits per heavy atom. The Bertz CT molecular complexity index is 679. The second kappa shape index (κ2) is 6.78. The number of carbonyl (C=O) groups is 1. The molecule has 1 atom stereocenters. The summed E-state index contributed by atoms with van der Waals surface area (Å²) in [4.78, 5) is 23.7. The first-order valence-electron chi connectivity index (χ1n) is 8.13. The molecule has 1 aliphatic rings. The molecular formula is C16H22N4O2S. The third-order valence-electron chi connectivity index (χ3n) is 4.09. The van der Waals surface area contributed by atoms with Gasteiger partial charge in [-0.2, -0.15) is 4.98 Å². The van der Waals surface area contributed by atoms with Gasteiger partial charge in [-0.15, -0.1) is 11.3 Å². The van der Waals surface area contributed by atoms with Crippen molar-refractivity contribution in [2.24, 2.45) is 0 Å². The third-order valence-corrected chi connectivity index (χ3v) is 5.24. The monoisotopic (exact) mass is 334 g/mol. The van der Waals surface area contributed by atoms with Gasteiger partial charge in [0.05, 0.1) is 11.0 Å². The highest BCUT2D eigenvalue weighted by atomic mass is 32.1. The number of hydrogen-bond donors (Lipinski definition) is 0. The molecule has 6 nitrogen and oxygen atoms in total. The number of thiazole rings is 1. The molecule has 0 radical (unpaired) electrons. The summed E-state index contributed by atoms with van der Waals surface area (Å²) in [5, 5.41) is 6.90. The third kappa shape index (κ3) is 3.44. The maximum absolute atomic E-state index is 13.0. The Kier molecular flexibility index (Phi) is 4.75. The van der Waals surface area contributed by atoms with Crippen molar-refractivity contribution in [1.29, 1.82) is 0 Å². The lowest BCUT2D eigenvalue weighted by Crippen LogP contribution is -2.35. The fraction of sp³-hybridized carbons (Fsp3) is 0.625. The summed E-state index contributed by atoms with van der Waals surface area (Å²) >= 11 is 1.55. The normalized spacial score (nSPS) is 19.1. The highest BCUT2D eigenvalue weighted by Crippen LogP contribution is 2.30. The zero-order chi connectivity index (χ0) is 16.4. The first-order chi connectivity index (χ1) is 11.1. The van der Waals surface area contributed by atoms with E-state index in [1.54, 1.807) is 18.3 Å². The van der Waals surface area contributed by atoms with Crippen molar-refractivity contribution in [2.75, 3.05) is 6.54 Å². The molecule has 1 amide bonds. The Labute approximate surface area is 139 Å². The van der Waals surface area contributed by atoms with Crippen LogP contribution in [0.5, 0.6) is 0 Å². The summed E-state index contributed by atoms with van der Waals surface area (Å²) in [6.07, 6.45) is 4.05. The van der Waals surface area contributed by atoms with E-state index in [1.807, 2.05) is 10.3 Å². The molecule has 0 N–H and O–H groups in total. The lowest BCUT2D eigenvalue weighted by Gasteiger charge is -2.27. The summed E-state index contributed by atoms with van der Waals surface area (Å²) in [6, 6.07) is -0.119. The van der Waals surface area contributed by atoms with Crippen LogP contribution in [0.1, 0.15) is 78.7 Å². The summed E-state index contributed by atoms with van der Waals surface area (Å²) in [5.41, 5.74) is 0.533. The van der Waals surface area contributed by atoms with Crippen molar-refractivity contribution < 1.29 is 9.32 Å². The molecule has 2 aromatic heterocycles. The molecular weight excluding hydrogens is 312 g/mol. The zero-order valence-electron chi connectivity index (χ0n) is 13.8. The van der Waals surface area contributed by atoms with Crippen molar-refractivity contribution in [1.82, 2.24) is 20.0 Å². The summed E-state index contributed by atoms with van der Waals surface area (Å²) < 4.78 is 5.12. The van der Waals surface area contributed by atoms with Crippen LogP contribution in [-0.4, -0.2) is 32.5 Å². The first kappa shape index (κ1) is 16.1. The van der Waals surface area contributed by atoms with Gasteiger partial charge in [-0.3, -0.25) is 4.79 Å². The Morgan fingerprint density at radius 2 is 2.17 bits per heavy atom. The maximum Gasteiger partial charge on any atom is 0.273 e. The molecule has 23 heavy (non-hydrogen) atoms. The van der Waals surface area contributed by atoms with Gasteiger partial charge in [0.15, 0.2) is 5.82 Å². The van der Waals surface area contributed by atoms with Gasteiger partial charge in [-0.25, -0.2) is 4.98 Å². The molecule has 0 saturated carbocycles. The van der Waals surface area contributed by atoms with Crippen LogP contribution >= 0.6 is 11.3 Å². The first-order valence-corrected chi connectivity index (χ1v) is 9.01. The van der Waals surface area contributed by atoms with Crippen LogP contribution in [0.2, 0.25) is 0 Å². The lowest BCUT2D eigenvalue weighted by atomic mass is 10.1. The predicted molar refractivity (Wildman–Crippen MR) is 87.5 cm³/mol. The SMILES string of the molecule is Cc1nc([C@H]2CCCCCN2C(=O)c2csc(C(C)C)n2)no1. The average molecular weight is 334 g/mol. The lowest BCUT2D eigenvalue weighted by molar-refractivity contribution is 0.0665. The molecule has 124 valence electrons. The second-order valence-corrected chi connectivity index (χ2v) is 7.15. The van der Waals surface area contributed by atoms with E-state index < -0.39 is 0 Å². The van der Waals surface area contributed by atoms with E-state index in [9.17, 15) is 4.79 Å².